The van der Waals surface area contributed by atoms with Gasteiger partial charge in [-0.1, -0.05) is 155 Å². The van der Waals surface area contributed by atoms with Crippen molar-refractivity contribution in [1.82, 2.24) is 9.80 Å². The van der Waals surface area contributed by atoms with Crippen molar-refractivity contribution < 1.29 is 0 Å². The molecule has 0 aromatic carbocycles. The predicted octanol–water partition coefficient (Wildman–Crippen LogP) is 11.1. The van der Waals surface area contributed by atoms with Crippen molar-refractivity contribution in [3.8, 4) is 0 Å². The van der Waals surface area contributed by atoms with Crippen molar-refractivity contribution in [2.45, 2.75) is 169 Å². The van der Waals surface area contributed by atoms with Crippen LogP contribution in [-0.4, -0.2) is 47.3 Å². The van der Waals surface area contributed by atoms with Crippen molar-refractivity contribution in [3.05, 3.63) is 0 Å². The zero-order chi connectivity index (χ0) is 27.1. The molecule has 0 radical (unpaired) electrons. The average molecular weight is 545 g/mol. The molecular weight excluding hydrogens is 477 g/mol. The Hall–Kier alpha value is 0.200. The van der Waals surface area contributed by atoms with Gasteiger partial charge in [0.05, 0.1) is 0 Å². The molecule has 0 N–H and O–H groups in total. The molecule has 0 heterocycles. The number of rotatable bonds is 26. The number of nitrogens with zero attached hydrogens (tertiary/aromatic N) is 2. The molecule has 0 saturated carbocycles. The summed E-state index contributed by atoms with van der Waals surface area (Å²) >= 11 is 9.20. The van der Waals surface area contributed by atoms with Crippen molar-refractivity contribution in [1.29, 1.82) is 0 Å². The Morgan fingerprint density at radius 3 is 1.00 bits per heavy atom. The second-order valence-corrected chi connectivity index (χ2v) is 12.0. The van der Waals surface area contributed by atoms with Crippen LogP contribution in [0.4, 0.5) is 0 Å². The van der Waals surface area contributed by atoms with Gasteiger partial charge in [-0.25, -0.2) is 0 Å². The molecule has 0 unspecified atom stereocenters. The largest absolute Gasteiger partial charge is 0.361 e. The summed E-state index contributed by atoms with van der Waals surface area (Å²) in [5, 5.41) is 0. The highest BCUT2D eigenvalue weighted by Gasteiger charge is 2.02. The van der Waals surface area contributed by atoms with Crippen LogP contribution in [0.3, 0.4) is 0 Å². The summed E-state index contributed by atoms with van der Waals surface area (Å²) < 4.78 is 0.714. The number of thiol groups is 1. The van der Waals surface area contributed by atoms with Gasteiger partial charge in [-0.05, 0) is 45.3 Å². The smallest absolute Gasteiger partial charge is 0.133 e. The lowest BCUT2D eigenvalue weighted by Crippen LogP contribution is -2.27. The monoisotopic (exact) mass is 544 g/mol. The van der Waals surface area contributed by atoms with Gasteiger partial charge in [0, 0.05) is 13.6 Å². The second-order valence-electron chi connectivity index (χ2n) is 10.9. The Morgan fingerprint density at radius 2 is 0.722 bits per heavy atom. The average Bonchev–Trinajstić information content (AvgIpc) is 2.88. The maximum atomic E-state index is 5.02. The van der Waals surface area contributed by atoms with E-state index in [4.69, 9.17) is 12.2 Å². The van der Waals surface area contributed by atoms with Crippen LogP contribution >= 0.6 is 24.8 Å². The molecule has 0 aliphatic heterocycles. The number of hydrogen-bond acceptors (Lipinski definition) is 2. The van der Waals surface area contributed by atoms with Crippen LogP contribution in [0.5, 0.6) is 0 Å². The molecule has 0 saturated heterocycles. The van der Waals surface area contributed by atoms with E-state index in [9.17, 15) is 0 Å². The van der Waals surface area contributed by atoms with Crippen LogP contribution in [0, 0.1) is 0 Å². The van der Waals surface area contributed by atoms with E-state index in [-0.39, 0.29) is 0 Å². The van der Waals surface area contributed by atoms with Crippen molar-refractivity contribution in [2.75, 3.05) is 33.2 Å². The SMILES string of the molecule is CCCCCCCCCCCCCCCCCCN(C)C(=S)S.CCCCN(CCCC)CCCC. The minimum atomic E-state index is 0.714. The quantitative estimate of drug-likeness (QED) is 0.0657. The fourth-order valence-electron chi connectivity index (χ4n) is 4.47. The summed E-state index contributed by atoms with van der Waals surface area (Å²) in [5.74, 6) is 0. The Kier molecular flexibility index (Phi) is 35.4. The molecule has 0 aromatic rings. The summed E-state index contributed by atoms with van der Waals surface area (Å²) in [6.07, 6.45) is 30.8. The third-order valence-corrected chi connectivity index (χ3v) is 7.81. The number of hydrogen-bond donors (Lipinski definition) is 1. The molecular formula is C32H68N2S2. The first kappa shape index (κ1) is 38.3. The van der Waals surface area contributed by atoms with Gasteiger partial charge >= 0.3 is 0 Å². The van der Waals surface area contributed by atoms with Gasteiger partial charge in [0.2, 0.25) is 0 Å². The van der Waals surface area contributed by atoms with Gasteiger partial charge in [0.25, 0.3) is 0 Å². The summed E-state index contributed by atoms with van der Waals surface area (Å²) in [6, 6.07) is 0. The number of thiocarbonyl (C=S) groups is 1. The summed E-state index contributed by atoms with van der Waals surface area (Å²) in [7, 11) is 2.03. The third-order valence-electron chi connectivity index (χ3n) is 7.16. The number of unbranched alkanes of at least 4 members (excludes halogenated alkanes) is 18. The zero-order valence-electron chi connectivity index (χ0n) is 25.6. The van der Waals surface area contributed by atoms with Gasteiger partial charge in [-0.15, -0.1) is 12.6 Å². The van der Waals surface area contributed by atoms with Crippen molar-refractivity contribution >= 4 is 29.2 Å². The van der Waals surface area contributed by atoms with Crippen LogP contribution in [0.2, 0.25) is 0 Å². The Labute approximate surface area is 240 Å². The fraction of sp³-hybridized carbons (Fsp3) is 0.969. The molecule has 4 heteroatoms. The first-order valence-corrected chi connectivity index (χ1v) is 17.0. The molecule has 0 spiro atoms. The molecule has 0 amide bonds. The molecule has 0 aliphatic rings. The standard InChI is InChI=1S/C20H41NS2.C12H27N/c1-3-4-5-6-7-8-9-10-11-12-13-14-15-16-17-18-19-21(2)20(22)23;1-4-7-10-13(11-8-5-2)12-9-6-3/h3-19H2,1-2H3,(H,22,23);4-12H2,1-3H3. The van der Waals surface area contributed by atoms with Crippen molar-refractivity contribution in [3.63, 3.8) is 0 Å². The summed E-state index contributed by atoms with van der Waals surface area (Å²) in [6.45, 7) is 14.1. The molecule has 0 fully saturated rings. The molecule has 0 rings (SSSR count). The minimum Gasteiger partial charge on any atom is -0.361 e. The Morgan fingerprint density at radius 1 is 0.444 bits per heavy atom. The van der Waals surface area contributed by atoms with Crippen LogP contribution in [0.25, 0.3) is 0 Å². The minimum absolute atomic E-state index is 0.714. The Balaban J connectivity index is 0. The molecule has 0 aromatic heterocycles. The van der Waals surface area contributed by atoms with E-state index in [0.29, 0.717) is 4.32 Å². The first-order valence-electron chi connectivity index (χ1n) is 16.2. The van der Waals surface area contributed by atoms with E-state index >= 15 is 0 Å². The highest BCUT2D eigenvalue weighted by Crippen LogP contribution is 2.14. The molecule has 0 aliphatic carbocycles. The zero-order valence-corrected chi connectivity index (χ0v) is 27.3. The van der Waals surface area contributed by atoms with E-state index in [1.165, 1.54) is 161 Å². The summed E-state index contributed by atoms with van der Waals surface area (Å²) in [4.78, 5) is 4.69. The van der Waals surface area contributed by atoms with Gasteiger partial charge in [0.15, 0.2) is 0 Å². The van der Waals surface area contributed by atoms with Crippen molar-refractivity contribution in [2.24, 2.45) is 0 Å². The van der Waals surface area contributed by atoms with E-state index in [2.05, 4.69) is 50.1 Å². The predicted molar refractivity (Wildman–Crippen MR) is 175 cm³/mol. The van der Waals surface area contributed by atoms with E-state index in [0.717, 1.165) is 6.54 Å². The normalized spacial score (nSPS) is 11.0. The van der Waals surface area contributed by atoms with E-state index < -0.39 is 0 Å². The lowest BCUT2D eigenvalue weighted by atomic mass is 10.0. The highest BCUT2D eigenvalue weighted by atomic mass is 32.1. The van der Waals surface area contributed by atoms with Crippen LogP contribution < -0.4 is 0 Å². The molecule has 218 valence electrons. The lowest BCUT2D eigenvalue weighted by molar-refractivity contribution is 0.261. The first-order chi connectivity index (χ1) is 17.5. The third kappa shape index (κ3) is 32.2. The topological polar surface area (TPSA) is 6.48 Å². The van der Waals surface area contributed by atoms with Gasteiger partial charge in [0.1, 0.15) is 4.32 Å². The van der Waals surface area contributed by atoms with Crippen LogP contribution in [0.1, 0.15) is 169 Å². The lowest BCUT2D eigenvalue weighted by Gasteiger charge is -2.21. The van der Waals surface area contributed by atoms with Crippen LogP contribution in [0.15, 0.2) is 0 Å². The Bertz CT molecular complexity index is 398. The van der Waals surface area contributed by atoms with Crippen LogP contribution in [-0.2, 0) is 0 Å². The van der Waals surface area contributed by atoms with Gasteiger partial charge in [-0.3, -0.25) is 0 Å². The van der Waals surface area contributed by atoms with E-state index in [1.54, 1.807) is 0 Å². The maximum absolute atomic E-state index is 5.02. The molecule has 0 bridgehead atoms. The molecule has 2 nitrogen and oxygen atoms in total. The molecule has 36 heavy (non-hydrogen) atoms. The van der Waals surface area contributed by atoms with E-state index in [1.807, 2.05) is 7.05 Å². The fourth-order valence-corrected chi connectivity index (χ4v) is 4.66. The summed E-state index contributed by atoms with van der Waals surface area (Å²) in [5.41, 5.74) is 0. The molecule has 0 atom stereocenters. The highest BCUT2D eigenvalue weighted by molar-refractivity contribution is 8.10. The van der Waals surface area contributed by atoms with Gasteiger partial charge in [-0.2, -0.15) is 0 Å². The van der Waals surface area contributed by atoms with Gasteiger partial charge < -0.3 is 9.80 Å². The second kappa shape index (κ2) is 33.2. The maximum Gasteiger partial charge on any atom is 0.133 e.